The summed E-state index contributed by atoms with van der Waals surface area (Å²) in [6.07, 6.45) is 0.651. The molecule has 156 valence electrons. The van der Waals surface area contributed by atoms with Gasteiger partial charge in [-0.15, -0.1) is 0 Å². The van der Waals surface area contributed by atoms with E-state index in [1.165, 1.54) is 14.2 Å². The molecule has 0 saturated heterocycles. The zero-order valence-electron chi connectivity index (χ0n) is 17.8. The first kappa shape index (κ1) is 20.2. The van der Waals surface area contributed by atoms with E-state index in [1.807, 2.05) is 13.0 Å². The number of nitrogens with one attached hydrogen (secondary N) is 1. The van der Waals surface area contributed by atoms with Gasteiger partial charge in [-0.2, -0.15) is 0 Å². The van der Waals surface area contributed by atoms with E-state index in [9.17, 15) is 14.7 Å². The van der Waals surface area contributed by atoms with Crippen molar-refractivity contribution in [1.82, 2.24) is 5.32 Å². The van der Waals surface area contributed by atoms with Gasteiger partial charge < -0.3 is 19.9 Å². The zero-order valence-corrected chi connectivity index (χ0v) is 17.8. The Bertz CT molecular complexity index is 1120. The molecule has 0 spiro atoms. The van der Waals surface area contributed by atoms with Crippen LogP contribution in [0.15, 0.2) is 29.8 Å². The van der Waals surface area contributed by atoms with Gasteiger partial charge in [-0.1, -0.05) is 12.1 Å². The first-order valence-corrected chi connectivity index (χ1v) is 9.96. The maximum absolute atomic E-state index is 12.9. The average Bonchev–Trinajstić information content (AvgIpc) is 2.72. The number of benzene rings is 2. The summed E-state index contributed by atoms with van der Waals surface area (Å²) in [5, 5.41) is 14.2. The minimum atomic E-state index is -0.571. The molecule has 30 heavy (non-hydrogen) atoms. The predicted octanol–water partition coefficient (Wildman–Crippen LogP) is 3.59. The predicted molar refractivity (Wildman–Crippen MR) is 113 cm³/mol. The van der Waals surface area contributed by atoms with Crippen molar-refractivity contribution in [3.8, 4) is 17.2 Å². The largest absolute Gasteiger partial charge is 0.507 e. The van der Waals surface area contributed by atoms with Crippen LogP contribution in [0.3, 0.4) is 0 Å². The first-order valence-electron chi connectivity index (χ1n) is 9.96. The monoisotopic (exact) mass is 407 g/mol. The van der Waals surface area contributed by atoms with Gasteiger partial charge in [-0.3, -0.25) is 9.59 Å². The van der Waals surface area contributed by atoms with E-state index >= 15 is 0 Å². The van der Waals surface area contributed by atoms with Crippen molar-refractivity contribution in [1.29, 1.82) is 0 Å². The van der Waals surface area contributed by atoms with Gasteiger partial charge in [0.05, 0.1) is 19.8 Å². The van der Waals surface area contributed by atoms with Crippen molar-refractivity contribution in [3.05, 3.63) is 57.7 Å². The fraction of sp³-hybridized carbons (Fsp3) is 0.333. The van der Waals surface area contributed by atoms with Crippen molar-refractivity contribution < 1.29 is 24.2 Å². The molecular weight excluding hydrogens is 382 g/mol. The Balaban J connectivity index is 2.12. The number of Topliss-reactive ketones (excluding diaryl/α,β-unsaturated/α-hetero) is 2. The second-order valence-electron chi connectivity index (χ2n) is 7.90. The molecule has 4 rings (SSSR count). The number of allylic oxidation sites excluding steroid dienone is 1. The van der Waals surface area contributed by atoms with E-state index in [2.05, 4.69) is 12.2 Å². The van der Waals surface area contributed by atoms with Crippen molar-refractivity contribution in [2.24, 2.45) is 0 Å². The summed E-state index contributed by atoms with van der Waals surface area (Å²) in [6.45, 7) is 5.75. The zero-order chi connectivity index (χ0) is 21.7. The molecule has 1 aliphatic heterocycles. The highest BCUT2D eigenvalue weighted by Gasteiger charge is 2.37. The van der Waals surface area contributed by atoms with Crippen LogP contribution in [0.2, 0.25) is 0 Å². The Morgan fingerprint density at radius 1 is 1.03 bits per heavy atom. The van der Waals surface area contributed by atoms with Gasteiger partial charge in [-0.05, 0) is 44.4 Å². The summed E-state index contributed by atoms with van der Waals surface area (Å²) >= 11 is 0. The lowest BCUT2D eigenvalue weighted by atomic mass is 9.76. The third-order valence-electron chi connectivity index (χ3n) is 6.03. The number of phenols is 1. The van der Waals surface area contributed by atoms with Gasteiger partial charge in [0.25, 0.3) is 0 Å². The summed E-state index contributed by atoms with van der Waals surface area (Å²) < 4.78 is 11.1. The molecule has 0 saturated carbocycles. The lowest BCUT2D eigenvalue weighted by Crippen LogP contribution is -2.37. The third-order valence-corrected chi connectivity index (χ3v) is 6.03. The van der Waals surface area contributed by atoms with Gasteiger partial charge in [0.1, 0.15) is 17.2 Å². The molecule has 6 heteroatoms. The van der Waals surface area contributed by atoms with Crippen LogP contribution in [0, 0.1) is 0 Å². The molecule has 0 fully saturated rings. The van der Waals surface area contributed by atoms with Crippen molar-refractivity contribution in [3.63, 3.8) is 0 Å². The number of hydrogen-bond donors (Lipinski definition) is 2. The van der Waals surface area contributed by atoms with Crippen LogP contribution in [0.25, 0.3) is 5.57 Å². The quantitative estimate of drug-likeness (QED) is 0.757. The van der Waals surface area contributed by atoms with Gasteiger partial charge in [0.2, 0.25) is 11.6 Å². The second-order valence-corrected chi connectivity index (χ2v) is 7.90. The molecule has 2 atom stereocenters. The summed E-state index contributed by atoms with van der Waals surface area (Å²) in [6, 6.07) is 7.00. The number of methoxy groups -OCH3 is 2. The van der Waals surface area contributed by atoms with Crippen LogP contribution in [-0.4, -0.2) is 36.9 Å². The highest BCUT2D eigenvalue weighted by atomic mass is 16.5. The molecule has 0 unspecified atom stereocenters. The Hall–Kier alpha value is -3.12. The SMILES string of the molecule is COc1cccc2c1C(=O)C(=O)C(C)=C2c1c(OC)cc(O)c2c1C[C@H](C)N[C@H]2C. The van der Waals surface area contributed by atoms with Gasteiger partial charge in [0.15, 0.2) is 0 Å². The number of aromatic hydroxyl groups is 1. The van der Waals surface area contributed by atoms with E-state index in [4.69, 9.17) is 9.47 Å². The first-order chi connectivity index (χ1) is 14.3. The molecular formula is C24H25NO5. The smallest absolute Gasteiger partial charge is 0.237 e. The summed E-state index contributed by atoms with van der Waals surface area (Å²) in [4.78, 5) is 25.8. The van der Waals surface area contributed by atoms with Crippen molar-refractivity contribution >= 4 is 17.1 Å². The highest BCUT2D eigenvalue weighted by molar-refractivity contribution is 6.53. The van der Waals surface area contributed by atoms with E-state index in [0.29, 0.717) is 34.6 Å². The maximum Gasteiger partial charge on any atom is 0.237 e. The summed E-state index contributed by atoms with van der Waals surface area (Å²) in [5.74, 6) is -0.136. The Kier molecular flexibility index (Phi) is 4.90. The van der Waals surface area contributed by atoms with Crippen molar-refractivity contribution in [2.75, 3.05) is 14.2 Å². The lowest BCUT2D eigenvalue weighted by Gasteiger charge is -2.34. The Labute approximate surface area is 175 Å². The molecule has 2 N–H and O–H groups in total. The van der Waals surface area contributed by atoms with Crippen LogP contribution < -0.4 is 14.8 Å². The molecule has 2 aromatic rings. The number of fused-ring (bicyclic) bond motifs is 2. The average molecular weight is 407 g/mol. The number of ketones is 2. The van der Waals surface area contributed by atoms with E-state index in [-0.39, 0.29) is 23.4 Å². The number of rotatable bonds is 3. The minimum Gasteiger partial charge on any atom is -0.507 e. The minimum absolute atomic E-state index is 0.0694. The van der Waals surface area contributed by atoms with Crippen LogP contribution in [0.5, 0.6) is 17.2 Å². The maximum atomic E-state index is 12.9. The fourth-order valence-corrected chi connectivity index (χ4v) is 4.78. The van der Waals surface area contributed by atoms with Crippen LogP contribution in [0.4, 0.5) is 0 Å². The van der Waals surface area contributed by atoms with Gasteiger partial charge in [0, 0.05) is 40.4 Å². The van der Waals surface area contributed by atoms with Crippen LogP contribution in [-0.2, 0) is 11.2 Å². The van der Waals surface area contributed by atoms with Gasteiger partial charge >= 0.3 is 0 Å². The molecule has 0 radical (unpaired) electrons. The van der Waals surface area contributed by atoms with Crippen LogP contribution >= 0.6 is 0 Å². The summed E-state index contributed by atoms with van der Waals surface area (Å²) in [5.41, 5.74) is 4.40. The highest BCUT2D eigenvalue weighted by Crippen LogP contribution is 2.48. The van der Waals surface area contributed by atoms with Gasteiger partial charge in [-0.25, -0.2) is 0 Å². The Morgan fingerprint density at radius 3 is 2.40 bits per heavy atom. The normalized spacial score (nSPS) is 20.7. The Morgan fingerprint density at radius 2 is 1.73 bits per heavy atom. The molecule has 0 amide bonds. The molecule has 2 aromatic carbocycles. The molecule has 0 bridgehead atoms. The number of hydrogen-bond acceptors (Lipinski definition) is 6. The van der Waals surface area contributed by atoms with E-state index < -0.39 is 11.6 Å². The molecule has 1 aliphatic carbocycles. The number of phenolic OH excluding ortho intramolecular Hbond substituents is 1. The van der Waals surface area contributed by atoms with E-state index in [1.54, 1.807) is 25.1 Å². The third kappa shape index (κ3) is 2.82. The fourth-order valence-electron chi connectivity index (χ4n) is 4.78. The topological polar surface area (TPSA) is 84.9 Å². The number of ether oxygens (including phenoxy) is 2. The standard InChI is InChI=1S/C24H25NO5/c1-11-9-15-20(13(3)25-11)16(26)10-18(30-5)21(15)19-12(2)23(27)24(28)22-14(19)7-6-8-17(22)29-4/h6-8,10-11,13,25-26H,9H2,1-5H3/t11-,13-/m0/s1. The summed E-state index contributed by atoms with van der Waals surface area (Å²) in [7, 11) is 3.02. The molecule has 6 nitrogen and oxygen atoms in total. The second kappa shape index (κ2) is 7.29. The lowest BCUT2D eigenvalue weighted by molar-refractivity contribution is -0.111. The molecule has 2 aliphatic rings. The molecule has 0 aromatic heterocycles. The van der Waals surface area contributed by atoms with E-state index in [0.717, 1.165) is 16.7 Å². The number of carbonyl (C=O) groups is 2. The van der Waals surface area contributed by atoms with Crippen LogP contribution in [0.1, 0.15) is 59.4 Å². The molecule has 1 heterocycles. The van der Waals surface area contributed by atoms with Crippen molar-refractivity contribution in [2.45, 2.75) is 39.3 Å². The number of carbonyl (C=O) groups excluding carboxylic acids is 2.